The molecule has 3 aromatic rings. The molecule has 2 N–H and O–H groups in total. The predicted molar refractivity (Wildman–Crippen MR) is 94.6 cm³/mol. The first-order valence-electron chi connectivity index (χ1n) is 7.95. The van der Waals surface area contributed by atoms with Gasteiger partial charge in [0, 0.05) is 17.8 Å². The van der Waals surface area contributed by atoms with Gasteiger partial charge in [0.25, 0.3) is 0 Å². The molecule has 2 amide bonds. The van der Waals surface area contributed by atoms with Crippen molar-refractivity contribution in [2.45, 2.75) is 6.04 Å². The monoisotopic (exact) mass is 350 g/mol. The highest BCUT2D eigenvalue weighted by Gasteiger charge is 2.28. The summed E-state index contributed by atoms with van der Waals surface area (Å²) in [6.45, 7) is 0.298. The minimum atomic E-state index is -0.923. The number of benzene rings is 2. The Morgan fingerprint density at radius 3 is 2.73 bits per heavy atom. The number of nitrogens with one attached hydrogen (secondary N) is 2. The normalized spacial score (nSPS) is 14.6. The average Bonchev–Trinajstić information content (AvgIpc) is 3.19. The van der Waals surface area contributed by atoms with E-state index in [1.165, 1.54) is 0 Å². The van der Waals surface area contributed by atoms with Crippen molar-refractivity contribution in [2.24, 2.45) is 0 Å². The highest BCUT2D eigenvalue weighted by atomic mass is 19.1. The SMILES string of the molecule is [B]c1c(F)cc(NC(=O)NCC2c3ccccc3-c3cncn32)cc1F. The summed E-state index contributed by atoms with van der Waals surface area (Å²) in [5.41, 5.74) is 2.54. The number of halogens is 2. The second kappa shape index (κ2) is 6.29. The summed E-state index contributed by atoms with van der Waals surface area (Å²) in [6.07, 6.45) is 3.49. The molecule has 1 aromatic heterocycles. The quantitative estimate of drug-likeness (QED) is 0.713. The van der Waals surface area contributed by atoms with Crippen molar-refractivity contribution >= 4 is 25.0 Å². The van der Waals surface area contributed by atoms with Gasteiger partial charge in [0.2, 0.25) is 0 Å². The fourth-order valence-corrected chi connectivity index (χ4v) is 3.16. The van der Waals surface area contributed by atoms with Crippen LogP contribution in [0.15, 0.2) is 48.9 Å². The Balaban J connectivity index is 1.47. The van der Waals surface area contributed by atoms with Crippen LogP contribution >= 0.6 is 0 Å². The maximum absolute atomic E-state index is 13.5. The van der Waals surface area contributed by atoms with Gasteiger partial charge in [0.05, 0.1) is 24.3 Å². The summed E-state index contributed by atoms with van der Waals surface area (Å²) < 4.78 is 28.9. The van der Waals surface area contributed by atoms with E-state index in [0.29, 0.717) is 6.54 Å². The van der Waals surface area contributed by atoms with Gasteiger partial charge in [-0.1, -0.05) is 24.3 Å². The first kappa shape index (κ1) is 16.3. The minimum Gasteiger partial charge on any atom is -0.335 e. The van der Waals surface area contributed by atoms with Gasteiger partial charge in [-0.2, -0.15) is 0 Å². The molecule has 1 aliphatic rings. The number of carbonyl (C=O) groups is 1. The van der Waals surface area contributed by atoms with Gasteiger partial charge >= 0.3 is 6.03 Å². The fraction of sp³-hybridized carbons (Fsp3) is 0.111. The number of aromatic nitrogens is 2. The summed E-state index contributed by atoms with van der Waals surface area (Å²) in [4.78, 5) is 16.3. The fourth-order valence-electron chi connectivity index (χ4n) is 3.16. The number of hydrogen-bond acceptors (Lipinski definition) is 2. The van der Waals surface area contributed by atoms with Crippen molar-refractivity contribution in [3.05, 3.63) is 66.1 Å². The molecule has 2 aromatic carbocycles. The van der Waals surface area contributed by atoms with E-state index in [1.807, 2.05) is 28.8 Å². The molecule has 8 heteroatoms. The molecule has 4 rings (SSSR count). The Kier molecular flexibility index (Phi) is 3.95. The molecular weight excluding hydrogens is 337 g/mol. The molecule has 1 aliphatic heterocycles. The van der Waals surface area contributed by atoms with Gasteiger partial charge in [0.1, 0.15) is 19.5 Å². The summed E-state index contributed by atoms with van der Waals surface area (Å²) in [5.74, 6) is -1.85. The molecule has 0 bridgehead atoms. The Bertz CT molecular complexity index is 981. The Morgan fingerprint density at radius 1 is 1.23 bits per heavy atom. The lowest BCUT2D eigenvalue weighted by Crippen LogP contribution is -2.33. The van der Waals surface area contributed by atoms with Crippen molar-refractivity contribution in [3.63, 3.8) is 0 Å². The van der Waals surface area contributed by atoms with Gasteiger partial charge in [-0.05, 0) is 23.2 Å². The van der Waals surface area contributed by atoms with Crippen molar-refractivity contribution in [3.8, 4) is 11.3 Å². The minimum absolute atomic E-state index is 0.0122. The van der Waals surface area contributed by atoms with Crippen LogP contribution in [-0.4, -0.2) is 30.0 Å². The second-order valence-corrected chi connectivity index (χ2v) is 5.98. The summed E-state index contributed by atoms with van der Waals surface area (Å²) in [7, 11) is 5.22. The van der Waals surface area contributed by atoms with Crippen LogP contribution < -0.4 is 16.1 Å². The van der Waals surface area contributed by atoms with Crippen LogP contribution in [-0.2, 0) is 0 Å². The van der Waals surface area contributed by atoms with Crippen molar-refractivity contribution in [1.82, 2.24) is 14.9 Å². The van der Waals surface area contributed by atoms with Crippen molar-refractivity contribution < 1.29 is 13.6 Å². The summed E-state index contributed by atoms with van der Waals surface area (Å²) in [6, 6.07) is 9.15. The Morgan fingerprint density at radius 2 is 1.96 bits per heavy atom. The van der Waals surface area contributed by atoms with E-state index in [2.05, 4.69) is 15.6 Å². The topological polar surface area (TPSA) is 59.0 Å². The molecule has 2 heterocycles. The number of imidazole rings is 1. The smallest absolute Gasteiger partial charge is 0.319 e. The zero-order valence-corrected chi connectivity index (χ0v) is 13.5. The van der Waals surface area contributed by atoms with Crippen LogP contribution in [0.1, 0.15) is 11.6 Å². The lowest BCUT2D eigenvalue weighted by molar-refractivity contribution is 0.251. The lowest BCUT2D eigenvalue weighted by Gasteiger charge is -2.16. The van der Waals surface area contributed by atoms with Crippen LogP contribution in [0.3, 0.4) is 0 Å². The standard InChI is InChI=1S/C18H13BF2N4O/c19-17-13(20)5-10(6-14(17)21)24-18(26)23-8-16-12-4-2-1-3-11(12)15-7-22-9-25(15)16/h1-7,9,16H,8H2,(H2,23,24,26). The van der Waals surface area contributed by atoms with E-state index in [1.54, 1.807) is 12.5 Å². The molecular formula is C18H13BF2N4O. The average molecular weight is 350 g/mol. The van der Waals surface area contributed by atoms with Crippen LogP contribution in [0.25, 0.3) is 11.3 Å². The molecule has 1 atom stereocenters. The molecule has 0 saturated heterocycles. The van der Waals surface area contributed by atoms with Crippen LogP contribution in [0.5, 0.6) is 0 Å². The van der Waals surface area contributed by atoms with E-state index in [-0.39, 0.29) is 11.7 Å². The van der Waals surface area contributed by atoms with E-state index in [4.69, 9.17) is 7.85 Å². The third kappa shape index (κ3) is 2.73. The van der Waals surface area contributed by atoms with Crippen LogP contribution in [0, 0.1) is 11.6 Å². The van der Waals surface area contributed by atoms with Crippen molar-refractivity contribution in [2.75, 3.05) is 11.9 Å². The maximum atomic E-state index is 13.5. The van der Waals surface area contributed by atoms with Crippen LogP contribution in [0.2, 0.25) is 0 Å². The maximum Gasteiger partial charge on any atom is 0.319 e. The third-order valence-corrected chi connectivity index (χ3v) is 4.39. The van der Waals surface area contributed by atoms with Crippen molar-refractivity contribution in [1.29, 1.82) is 0 Å². The van der Waals surface area contributed by atoms with Crippen LogP contribution in [0.4, 0.5) is 19.3 Å². The van der Waals surface area contributed by atoms with Gasteiger partial charge < -0.3 is 15.2 Å². The number of hydrogen-bond donors (Lipinski definition) is 2. The molecule has 0 fully saturated rings. The number of carbonyl (C=O) groups excluding carboxylic acids is 1. The number of amides is 2. The van der Waals surface area contributed by atoms with Gasteiger partial charge in [-0.15, -0.1) is 0 Å². The van der Waals surface area contributed by atoms with E-state index in [0.717, 1.165) is 29.0 Å². The lowest BCUT2D eigenvalue weighted by atomic mass is 9.94. The number of urea groups is 1. The molecule has 0 aliphatic carbocycles. The molecule has 26 heavy (non-hydrogen) atoms. The van der Waals surface area contributed by atoms with E-state index < -0.39 is 23.1 Å². The molecule has 0 saturated carbocycles. The molecule has 2 radical (unpaired) electrons. The summed E-state index contributed by atoms with van der Waals surface area (Å²) >= 11 is 0. The highest BCUT2D eigenvalue weighted by molar-refractivity contribution is 6.32. The largest absolute Gasteiger partial charge is 0.335 e. The van der Waals surface area contributed by atoms with E-state index in [9.17, 15) is 13.6 Å². The molecule has 0 spiro atoms. The Labute approximate surface area is 149 Å². The first-order valence-corrected chi connectivity index (χ1v) is 7.95. The number of nitrogens with zero attached hydrogens (tertiary/aromatic N) is 2. The summed E-state index contributed by atoms with van der Waals surface area (Å²) in [5, 5.41) is 5.13. The zero-order chi connectivity index (χ0) is 18.3. The molecule has 128 valence electrons. The van der Waals surface area contributed by atoms with E-state index >= 15 is 0 Å². The van der Waals surface area contributed by atoms with Gasteiger partial charge in [0.15, 0.2) is 0 Å². The molecule has 1 unspecified atom stereocenters. The predicted octanol–water partition coefficient (Wildman–Crippen LogP) is 2.35. The van der Waals surface area contributed by atoms with Gasteiger partial charge in [-0.3, -0.25) is 0 Å². The second-order valence-electron chi connectivity index (χ2n) is 5.98. The number of rotatable bonds is 3. The number of fused-ring (bicyclic) bond motifs is 3. The number of anilines is 1. The first-order chi connectivity index (χ1) is 12.5. The highest BCUT2D eigenvalue weighted by Crippen LogP contribution is 2.38. The molecule has 5 nitrogen and oxygen atoms in total. The van der Waals surface area contributed by atoms with Gasteiger partial charge in [-0.25, -0.2) is 18.6 Å². The zero-order valence-electron chi connectivity index (χ0n) is 13.5. The third-order valence-electron chi connectivity index (χ3n) is 4.39. The Hall–Kier alpha value is -3.16.